The molecule has 2 N–H and O–H groups in total. The van der Waals surface area contributed by atoms with Crippen molar-refractivity contribution in [3.05, 3.63) is 74.9 Å². The number of amidine groups is 1. The van der Waals surface area contributed by atoms with Crippen LogP contribution in [0.4, 0.5) is 5.69 Å². The van der Waals surface area contributed by atoms with Gasteiger partial charge in [-0.3, -0.25) is 23.9 Å². The third-order valence-electron chi connectivity index (χ3n) is 7.35. The van der Waals surface area contributed by atoms with E-state index in [1.165, 1.54) is 28.8 Å². The fourth-order valence-electron chi connectivity index (χ4n) is 5.36. The number of carbonyl (C=O) groups excluding carboxylic acids is 1. The summed E-state index contributed by atoms with van der Waals surface area (Å²) in [6.45, 7) is 2.58. The van der Waals surface area contributed by atoms with Crippen molar-refractivity contribution < 1.29 is 13.2 Å². The van der Waals surface area contributed by atoms with E-state index in [9.17, 15) is 18.0 Å². The van der Waals surface area contributed by atoms with Crippen LogP contribution in [0, 0.1) is 6.92 Å². The average Bonchev–Trinajstić information content (AvgIpc) is 3.45. The molecular weight excluding hydrogens is 591 g/mol. The summed E-state index contributed by atoms with van der Waals surface area (Å²) in [7, 11) is -3.84. The van der Waals surface area contributed by atoms with Gasteiger partial charge in [0.25, 0.3) is 15.6 Å². The van der Waals surface area contributed by atoms with Gasteiger partial charge in [-0.05, 0) is 80.5 Å². The number of thiophene rings is 1. The van der Waals surface area contributed by atoms with Gasteiger partial charge in [-0.2, -0.15) is 0 Å². The van der Waals surface area contributed by atoms with Gasteiger partial charge in [0.15, 0.2) is 5.16 Å². The van der Waals surface area contributed by atoms with Crippen molar-refractivity contribution in [2.24, 2.45) is 4.99 Å². The molecule has 0 fully saturated rings. The molecule has 0 saturated heterocycles. The van der Waals surface area contributed by atoms with Gasteiger partial charge in [0, 0.05) is 23.5 Å². The molecule has 218 valence electrons. The Kier molecular flexibility index (Phi) is 8.19. The maximum atomic E-state index is 13.9. The van der Waals surface area contributed by atoms with Gasteiger partial charge >= 0.3 is 0 Å². The zero-order valence-corrected chi connectivity index (χ0v) is 25.6. The highest BCUT2D eigenvalue weighted by atomic mass is 32.2. The van der Waals surface area contributed by atoms with Crippen molar-refractivity contribution in [1.29, 1.82) is 0 Å². The summed E-state index contributed by atoms with van der Waals surface area (Å²) in [6, 6.07) is 13.8. The molecule has 2 aromatic heterocycles. The van der Waals surface area contributed by atoms with Crippen molar-refractivity contribution in [2.75, 3.05) is 17.6 Å². The lowest BCUT2D eigenvalue weighted by molar-refractivity contribution is -0.113. The molecule has 2 aliphatic rings. The number of anilines is 1. The van der Waals surface area contributed by atoms with Gasteiger partial charge in [-0.25, -0.2) is 13.4 Å². The van der Waals surface area contributed by atoms with Crippen LogP contribution < -0.4 is 15.6 Å². The summed E-state index contributed by atoms with van der Waals surface area (Å²) in [6.07, 6.45) is 6.35. The molecular formula is C30H31N5O4S3. The summed E-state index contributed by atoms with van der Waals surface area (Å²) in [5, 5.41) is 3.92. The molecule has 3 heterocycles. The van der Waals surface area contributed by atoms with E-state index in [1.807, 2.05) is 31.2 Å². The fraction of sp³-hybridized carbons (Fsp3) is 0.333. The average molecular weight is 622 g/mol. The molecule has 0 saturated carbocycles. The van der Waals surface area contributed by atoms with Crippen LogP contribution in [0.15, 0.2) is 68.4 Å². The van der Waals surface area contributed by atoms with Crippen LogP contribution in [0.25, 0.3) is 15.9 Å². The normalized spacial score (nSPS) is 15.2. The van der Waals surface area contributed by atoms with E-state index < -0.39 is 10.0 Å². The second kappa shape index (κ2) is 12.0. The first-order valence-corrected chi connectivity index (χ1v) is 17.3. The topological polar surface area (TPSA) is 123 Å². The molecule has 0 radical (unpaired) electrons. The number of hydrogen-bond donors (Lipinski definition) is 2. The Hall–Kier alpha value is -3.48. The minimum absolute atomic E-state index is 0.0130. The van der Waals surface area contributed by atoms with E-state index in [0.717, 1.165) is 49.7 Å². The van der Waals surface area contributed by atoms with Crippen molar-refractivity contribution in [3.8, 4) is 5.69 Å². The number of aryl methyl sites for hydroxylation is 3. The first kappa shape index (κ1) is 28.6. The molecule has 42 heavy (non-hydrogen) atoms. The van der Waals surface area contributed by atoms with Crippen molar-refractivity contribution >= 4 is 60.8 Å². The SMILES string of the molecule is Cc1cccc(-n2c(SCC(=O)Nc3cccc(S(=O)(=O)NC4=NCCCCC4)c3)nc3sc4c(c3c2=O)CCC4)c1. The second-order valence-electron chi connectivity index (χ2n) is 10.5. The van der Waals surface area contributed by atoms with Crippen LogP contribution in [-0.2, 0) is 27.7 Å². The summed E-state index contributed by atoms with van der Waals surface area (Å²) in [5.74, 6) is 0.119. The maximum absolute atomic E-state index is 13.9. The smallest absolute Gasteiger partial charge is 0.267 e. The van der Waals surface area contributed by atoms with Gasteiger partial charge in [0.2, 0.25) is 5.91 Å². The first-order valence-electron chi connectivity index (χ1n) is 14.0. The highest BCUT2D eigenvalue weighted by molar-refractivity contribution is 7.99. The number of nitrogens with zero attached hydrogens (tertiary/aromatic N) is 3. The molecule has 1 aliphatic heterocycles. The number of amides is 1. The standard InChI is InChI=1S/C30H31N5O4S3/c1-19-8-5-10-21(16-19)35-29(37)27-23-12-7-13-24(23)41-28(27)33-30(35)40-18-26(36)32-20-9-6-11-22(17-20)42(38,39)34-25-14-3-2-4-15-31-25/h5-6,8-11,16-17H,2-4,7,12-15,18H2,1H3,(H,31,34)(H,32,36). The number of fused-ring (bicyclic) bond motifs is 3. The number of nitrogens with one attached hydrogen (secondary N) is 2. The molecule has 4 aromatic rings. The molecule has 0 bridgehead atoms. The number of sulfonamides is 1. The number of aliphatic imine (C=N–C) groups is 1. The first-order chi connectivity index (χ1) is 20.3. The minimum atomic E-state index is -3.84. The van der Waals surface area contributed by atoms with E-state index >= 15 is 0 Å². The van der Waals surface area contributed by atoms with E-state index in [2.05, 4.69) is 15.0 Å². The fourth-order valence-corrected chi connectivity index (χ4v) is 8.61. The van der Waals surface area contributed by atoms with Gasteiger partial charge in [-0.15, -0.1) is 11.3 Å². The Morgan fingerprint density at radius 2 is 1.90 bits per heavy atom. The Morgan fingerprint density at radius 1 is 1.05 bits per heavy atom. The van der Waals surface area contributed by atoms with E-state index in [-0.39, 0.29) is 22.1 Å². The van der Waals surface area contributed by atoms with E-state index in [0.29, 0.717) is 45.5 Å². The highest BCUT2D eigenvalue weighted by Crippen LogP contribution is 2.36. The molecule has 1 aliphatic carbocycles. The lowest BCUT2D eigenvalue weighted by atomic mass is 10.2. The summed E-state index contributed by atoms with van der Waals surface area (Å²) in [4.78, 5) is 38.1. The lowest BCUT2D eigenvalue weighted by Gasteiger charge is -2.13. The van der Waals surface area contributed by atoms with Crippen LogP contribution in [0.1, 0.15) is 48.1 Å². The monoisotopic (exact) mass is 621 g/mol. The van der Waals surface area contributed by atoms with Crippen LogP contribution in [0.5, 0.6) is 0 Å². The quantitative estimate of drug-likeness (QED) is 0.215. The van der Waals surface area contributed by atoms with Crippen LogP contribution in [0.2, 0.25) is 0 Å². The molecule has 2 aromatic carbocycles. The molecule has 0 spiro atoms. The summed E-state index contributed by atoms with van der Waals surface area (Å²) in [5.41, 5.74) is 3.08. The Balaban J connectivity index is 1.22. The van der Waals surface area contributed by atoms with Crippen LogP contribution >= 0.6 is 23.1 Å². The molecule has 12 heteroatoms. The number of carbonyl (C=O) groups is 1. The second-order valence-corrected chi connectivity index (χ2v) is 14.2. The van der Waals surface area contributed by atoms with Gasteiger partial charge in [-0.1, -0.05) is 36.4 Å². The zero-order chi connectivity index (χ0) is 29.3. The minimum Gasteiger partial charge on any atom is -0.325 e. The number of hydrogen-bond acceptors (Lipinski definition) is 8. The van der Waals surface area contributed by atoms with E-state index in [1.54, 1.807) is 28.0 Å². The number of rotatable bonds is 7. The summed E-state index contributed by atoms with van der Waals surface area (Å²) < 4.78 is 30.2. The molecule has 6 rings (SSSR count). The Bertz CT molecular complexity index is 1880. The molecule has 0 atom stereocenters. The molecule has 1 amide bonds. The zero-order valence-electron chi connectivity index (χ0n) is 23.2. The molecule has 9 nitrogen and oxygen atoms in total. The Labute approximate surface area is 252 Å². The highest BCUT2D eigenvalue weighted by Gasteiger charge is 2.24. The lowest BCUT2D eigenvalue weighted by Crippen LogP contribution is -2.30. The summed E-state index contributed by atoms with van der Waals surface area (Å²) >= 11 is 2.75. The van der Waals surface area contributed by atoms with Crippen LogP contribution in [-0.4, -0.2) is 42.0 Å². The third kappa shape index (κ3) is 6.02. The van der Waals surface area contributed by atoms with Gasteiger partial charge in [0.05, 0.1) is 21.7 Å². The maximum Gasteiger partial charge on any atom is 0.267 e. The number of aromatic nitrogens is 2. The van der Waals surface area contributed by atoms with Crippen molar-refractivity contribution in [2.45, 2.75) is 61.9 Å². The van der Waals surface area contributed by atoms with Crippen molar-refractivity contribution in [1.82, 2.24) is 14.3 Å². The number of benzene rings is 2. The van der Waals surface area contributed by atoms with Gasteiger partial charge in [0.1, 0.15) is 10.7 Å². The largest absolute Gasteiger partial charge is 0.325 e. The predicted octanol–water partition coefficient (Wildman–Crippen LogP) is 5.23. The van der Waals surface area contributed by atoms with Gasteiger partial charge < -0.3 is 5.32 Å². The van der Waals surface area contributed by atoms with E-state index in [4.69, 9.17) is 4.98 Å². The number of thioether (sulfide) groups is 1. The molecule has 0 unspecified atom stereocenters. The van der Waals surface area contributed by atoms with Crippen LogP contribution in [0.3, 0.4) is 0 Å². The van der Waals surface area contributed by atoms with Crippen molar-refractivity contribution in [3.63, 3.8) is 0 Å². The third-order valence-corrected chi connectivity index (χ3v) is 10.9. The predicted molar refractivity (Wildman–Crippen MR) is 169 cm³/mol. The Morgan fingerprint density at radius 3 is 2.76 bits per heavy atom.